The molecule has 1 amide bonds. The van der Waals surface area contributed by atoms with Crippen LogP contribution in [0.5, 0.6) is 0 Å². The zero-order valence-corrected chi connectivity index (χ0v) is 21.2. The Bertz CT molecular complexity index is 1250. The average Bonchev–Trinajstić information content (AvgIpc) is 3.39. The molecule has 0 aliphatic carbocycles. The van der Waals surface area contributed by atoms with Gasteiger partial charge in [0.1, 0.15) is 11.2 Å². The van der Waals surface area contributed by atoms with Crippen LogP contribution in [0.3, 0.4) is 0 Å². The van der Waals surface area contributed by atoms with Gasteiger partial charge in [-0.05, 0) is 57.6 Å². The van der Waals surface area contributed by atoms with Gasteiger partial charge < -0.3 is 19.4 Å². The van der Waals surface area contributed by atoms with E-state index in [1.165, 1.54) is 11.3 Å². The lowest BCUT2D eigenvalue weighted by Gasteiger charge is -2.37. The van der Waals surface area contributed by atoms with Crippen molar-refractivity contribution in [3.8, 4) is 0 Å². The van der Waals surface area contributed by atoms with Crippen LogP contribution in [0, 0.1) is 0 Å². The number of ether oxygens (including phenoxy) is 1. The van der Waals surface area contributed by atoms with E-state index in [2.05, 4.69) is 9.88 Å². The first-order chi connectivity index (χ1) is 16.9. The van der Waals surface area contributed by atoms with Crippen LogP contribution in [0.15, 0.2) is 40.6 Å². The number of carbonyl (C=O) groups excluding carboxylic acids is 2. The average molecular weight is 498 g/mol. The van der Waals surface area contributed by atoms with Gasteiger partial charge in [0.15, 0.2) is 0 Å². The Hall–Kier alpha value is -3.24. The minimum absolute atomic E-state index is 0.00750. The number of thiophene rings is 1. The van der Waals surface area contributed by atoms with Crippen LogP contribution in [0.25, 0.3) is 11.0 Å². The van der Waals surface area contributed by atoms with Crippen LogP contribution in [0.1, 0.15) is 33.4 Å². The number of esters is 1. The molecular formula is C25H31N5O4S. The lowest BCUT2D eigenvalue weighted by molar-refractivity contribution is 0.0523. The van der Waals surface area contributed by atoms with Crippen LogP contribution >= 0.6 is 11.3 Å². The maximum Gasteiger partial charge on any atom is 0.345 e. The molecule has 0 radical (unpaired) electrons. The summed E-state index contributed by atoms with van der Waals surface area (Å²) in [6, 6.07) is 7.40. The van der Waals surface area contributed by atoms with E-state index < -0.39 is 5.97 Å². The summed E-state index contributed by atoms with van der Waals surface area (Å²) in [5.41, 5.74) is 0.746. The van der Waals surface area contributed by atoms with E-state index >= 15 is 0 Å². The fourth-order valence-electron chi connectivity index (χ4n) is 4.42. The Labute approximate surface area is 208 Å². The van der Waals surface area contributed by atoms with E-state index in [0.717, 1.165) is 18.4 Å². The van der Waals surface area contributed by atoms with Gasteiger partial charge in [-0.3, -0.25) is 14.2 Å². The second-order valence-electron chi connectivity index (χ2n) is 8.69. The summed E-state index contributed by atoms with van der Waals surface area (Å²) in [5, 5.41) is 2.62. The van der Waals surface area contributed by atoms with Crippen LogP contribution < -0.4 is 10.5 Å². The topological polar surface area (TPSA) is 88.0 Å². The van der Waals surface area contributed by atoms with Gasteiger partial charge in [-0.15, -0.1) is 11.3 Å². The van der Waals surface area contributed by atoms with Crippen molar-refractivity contribution in [3.05, 3.63) is 56.6 Å². The maximum absolute atomic E-state index is 13.7. The highest BCUT2D eigenvalue weighted by molar-refractivity contribution is 7.12. The molecule has 35 heavy (non-hydrogen) atoms. The van der Waals surface area contributed by atoms with Crippen molar-refractivity contribution in [2.24, 2.45) is 0 Å². The number of amides is 1. The Kier molecular flexibility index (Phi) is 7.82. The van der Waals surface area contributed by atoms with E-state index in [9.17, 15) is 14.4 Å². The molecule has 10 heteroatoms. The first-order valence-corrected chi connectivity index (χ1v) is 12.7. The smallest absolute Gasteiger partial charge is 0.345 e. The molecule has 1 saturated heterocycles. The second kappa shape index (κ2) is 11.0. The maximum atomic E-state index is 13.7. The summed E-state index contributed by atoms with van der Waals surface area (Å²) >= 11 is 1.43. The third kappa shape index (κ3) is 5.23. The number of hydrogen-bond acceptors (Lipinski definition) is 8. The summed E-state index contributed by atoms with van der Waals surface area (Å²) in [7, 11) is 3.96. The SMILES string of the molecule is CCOC(=O)c1c(N2CCN(C(=O)c3cccs3)CC2)c2cccnc2n(CCCN(C)C)c1=O. The number of fused-ring (bicyclic) bond motifs is 1. The zero-order chi connectivity index (χ0) is 24.9. The predicted octanol–water partition coefficient (Wildman–Crippen LogP) is 2.55. The van der Waals surface area contributed by atoms with Gasteiger partial charge in [-0.25, -0.2) is 9.78 Å². The van der Waals surface area contributed by atoms with Crippen LogP contribution in [-0.4, -0.2) is 84.7 Å². The van der Waals surface area contributed by atoms with Crippen molar-refractivity contribution in [1.29, 1.82) is 0 Å². The minimum Gasteiger partial charge on any atom is -0.462 e. The molecule has 0 spiro atoms. The summed E-state index contributed by atoms with van der Waals surface area (Å²) in [4.78, 5) is 50.7. The third-order valence-corrected chi connectivity index (χ3v) is 6.93. The number of nitrogens with zero attached hydrogens (tertiary/aromatic N) is 5. The van der Waals surface area contributed by atoms with Crippen molar-refractivity contribution in [3.63, 3.8) is 0 Å². The fourth-order valence-corrected chi connectivity index (χ4v) is 5.11. The van der Waals surface area contributed by atoms with Crippen molar-refractivity contribution in [2.45, 2.75) is 19.9 Å². The van der Waals surface area contributed by atoms with Crippen LogP contribution in [0.2, 0.25) is 0 Å². The van der Waals surface area contributed by atoms with Crippen LogP contribution in [-0.2, 0) is 11.3 Å². The van der Waals surface area contributed by atoms with E-state index in [1.54, 1.807) is 17.7 Å². The van der Waals surface area contributed by atoms with Gasteiger partial charge in [0.2, 0.25) is 0 Å². The molecule has 3 aromatic heterocycles. The van der Waals surface area contributed by atoms with Gasteiger partial charge in [0.25, 0.3) is 11.5 Å². The number of rotatable bonds is 8. The molecule has 4 rings (SSSR count). The normalized spacial score (nSPS) is 14.1. The molecular weight excluding hydrogens is 466 g/mol. The molecule has 0 atom stereocenters. The highest BCUT2D eigenvalue weighted by Gasteiger charge is 2.30. The summed E-state index contributed by atoms with van der Waals surface area (Å²) in [5.74, 6) is -0.621. The zero-order valence-electron chi connectivity index (χ0n) is 20.4. The molecule has 0 aromatic carbocycles. The number of pyridine rings is 2. The monoisotopic (exact) mass is 497 g/mol. The molecule has 0 unspecified atom stereocenters. The van der Waals surface area contributed by atoms with E-state index in [4.69, 9.17) is 4.74 Å². The number of hydrogen-bond donors (Lipinski definition) is 0. The molecule has 1 aliphatic rings. The summed E-state index contributed by atoms with van der Waals surface area (Å²) < 4.78 is 6.91. The summed E-state index contributed by atoms with van der Waals surface area (Å²) in [6.07, 6.45) is 2.40. The number of aromatic nitrogens is 2. The first kappa shape index (κ1) is 24.9. The molecule has 9 nitrogen and oxygen atoms in total. The Balaban J connectivity index is 1.73. The molecule has 1 aliphatic heterocycles. The number of piperazine rings is 1. The number of carbonyl (C=O) groups is 2. The molecule has 0 bridgehead atoms. The first-order valence-electron chi connectivity index (χ1n) is 11.8. The lowest BCUT2D eigenvalue weighted by Crippen LogP contribution is -2.49. The van der Waals surface area contributed by atoms with Gasteiger partial charge >= 0.3 is 5.97 Å². The molecule has 0 saturated carbocycles. The molecule has 186 valence electrons. The van der Waals surface area contributed by atoms with Crippen molar-refractivity contribution < 1.29 is 14.3 Å². The largest absolute Gasteiger partial charge is 0.462 e. The minimum atomic E-state index is -0.628. The quantitative estimate of drug-likeness (QED) is 0.442. The fraction of sp³-hybridized carbons (Fsp3) is 0.440. The lowest BCUT2D eigenvalue weighted by atomic mass is 10.1. The third-order valence-electron chi connectivity index (χ3n) is 6.07. The predicted molar refractivity (Wildman–Crippen MR) is 138 cm³/mol. The Morgan fingerprint density at radius 2 is 1.91 bits per heavy atom. The van der Waals surface area contributed by atoms with Crippen molar-refractivity contribution >= 4 is 39.9 Å². The van der Waals surface area contributed by atoms with Crippen LogP contribution in [0.4, 0.5) is 5.69 Å². The van der Waals surface area contributed by atoms with E-state index in [0.29, 0.717) is 48.9 Å². The van der Waals surface area contributed by atoms with Gasteiger partial charge in [-0.1, -0.05) is 6.07 Å². The van der Waals surface area contributed by atoms with Crippen molar-refractivity contribution in [2.75, 3.05) is 58.3 Å². The molecule has 4 heterocycles. The van der Waals surface area contributed by atoms with Gasteiger partial charge in [0, 0.05) is 44.3 Å². The van der Waals surface area contributed by atoms with Gasteiger partial charge in [-0.2, -0.15) is 0 Å². The molecule has 3 aromatic rings. The number of anilines is 1. The molecule has 0 N–H and O–H groups in total. The van der Waals surface area contributed by atoms with E-state index in [-0.39, 0.29) is 23.6 Å². The molecule has 1 fully saturated rings. The Morgan fingerprint density at radius 1 is 1.14 bits per heavy atom. The highest BCUT2D eigenvalue weighted by atomic mass is 32.1. The highest BCUT2D eigenvalue weighted by Crippen LogP contribution is 2.30. The van der Waals surface area contributed by atoms with Gasteiger partial charge in [0.05, 0.1) is 17.2 Å². The Morgan fingerprint density at radius 3 is 2.57 bits per heavy atom. The number of aryl methyl sites for hydroxylation is 1. The van der Waals surface area contributed by atoms with E-state index in [1.807, 2.05) is 53.5 Å². The second-order valence-corrected chi connectivity index (χ2v) is 9.64. The standard InChI is InChI=1S/C25H31N5O4S/c1-4-34-25(33)20-21(28-13-15-29(16-14-28)23(31)19-9-6-17-35-19)18-8-5-10-26-22(18)30(24(20)32)12-7-11-27(2)3/h5-6,8-10,17H,4,7,11-16H2,1-3H3. The summed E-state index contributed by atoms with van der Waals surface area (Å²) in [6.45, 7) is 5.13. The van der Waals surface area contributed by atoms with Crippen molar-refractivity contribution in [1.82, 2.24) is 19.4 Å².